The summed E-state index contributed by atoms with van der Waals surface area (Å²) in [5.74, 6) is -3.14. The van der Waals surface area contributed by atoms with E-state index < -0.39 is 20.9 Å². The van der Waals surface area contributed by atoms with Gasteiger partial charge in [0.05, 0.1) is 0 Å². The number of nitrogens with one attached hydrogen (secondary N) is 4. The average molecular weight is 691 g/mol. The van der Waals surface area contributed by atoms with Crippen LogP contribution >= 0.6 is 43.4 Å². The molecule has 0 spiro atoms. The largest absolute Gasteiger partial charge is 0.261 e. The standard InChI is InChI=1S/C28H36Cl2N11P3/c29-42(30)39-43(35-21-13-25-9-1-5-17-31-25,36-22-14-26-10-2-6-18-32-26)41-44(40-42,37-23-15-27-11-3-7-19-33-27)38-24-16-28-12-4-8-20-34-28/h1-12,17-20,35-38H,13-16,21-24H2. The Labute approximate surface area is 268 Å². The van der Waals surface area contributed by atoms with Crippen molar-refractivity contribution in [3.05, 3.63) is 120 Å². The van der Waals surface area contributed by atoms with Crippen LogP contribution in [0.2, 0.25) is 0 Å². The summed E-state index contributed by atoms with van der Waals surface area (Å²) in [5, 5.41) is 14.5. The minimum atomic E-state index is -3.14. The molecule has 44 heavy (non-hydrogen) atoms. The average Bonchev–Trinajstić information content (AvgIpc) is 3.02. The zero-order chi connectivity index (χ0) is 30.6. The minimum Gasteiger partial charge on any atom is -0.261 e. The van der Waals surface area contributed by atoms with E-state index in [1.807, 2.05) is 72.8 Å². The van der Waals surface area contributed by atoms with Crippen LogP contribution in [-0.2, 0) is 25.7 Å². The molecule has 0 fully saturated rings. The molecule has 1 aliphatic heterocycles. The molecular weight excluding hydrogens is 654 g/mol. The Bertz CT molecular complexity index is 1430. The summed E-state index contributed by atoms with van der Waals surface area (Å²) in [6.07, 6.45) is 9.93. The fraction of sp³-hybridized carbons (Fsp3) is 0.286. The van der Waals surface area contributed by atoms with Crippen LogP contribution in [0.5, 0.6) is 0 Å². The Morgan fingerprint density at radius 2 is 0.750 bits per heavy atom. The van der Waals surface area contributed by atoms with Crippen molar-refractivity contribution in [2.75, 3.05) is 26.2 Å². The van der Waals surface area contributed by atoms with Gasteiger partial charge in [-0.2, -0.15) is 13.5 Å². The lowest BCUT2D eigenvalue weighted by Crippen LogP contribution is -2.30. The van der Waals surface area contributed by atoms with E-state index in [1.54, 1.807) is 24.8 Å². The van der Waals surface area contributed by atoms with Crippen molar-refractivity contribution in [2.45, 2.75) is 25.7 Å². The van der Waals surface area contributed by atoms with Gasteiger partial charge < -0.3 is 0 Å². The van der Waals surface area contributed by atoms with Gasteiger partial charge in [-0.15, -0.1) is 0 Å². The first kappa shape index (κ1) is 33.1. The van der Waals surface area contributed by atoms with Crippen LogP contribution in [0.15, 0.2) is 111 Å². The first-order valence-electron chi connectivity index (χ1n) is 14.3. The molecule has 232 valence electrons. The number of hydrogen-bond donors (Lipinski definition) is 4. The van der Waals surface area contributed by atoms with Crippen molar-refractivity contribution in [3.63, 3.8) is 0 Å². The van der Waals surface area contributed by atoms with Crippen molar-refractivity contribution in [1.82, 2.24) is 40.3 Å². The number of nitrogens with zero attached hydrogens (tertiary/aromatic N) is 7. The minimum absolute atomic E-state index is 0.573. The fourth-order valence-corrected chi connectivity index (χ4v) is 17.3. The molecule has 5 heterocycles. The van der Waals surface area contributed by atoms with Gasteiger partial charge in [0.25, 0.3) is 5.91 Å². The van der Waals surface area contributed by atoms with Crippen LogP contribution in [0.25, 0.3) is 0 Å². The van der Waals surface area contributed by atoms with Gasteiger partial charge in [0.15, 0.2) is 0 Å². The van der Waals surface area contributed by atoms with Crippen LogP contribution < -0.4 is 20.3 Å². The van der Waals surface area contributed by atoms with E-state index in [0.717, 1.165) is 22.8 Å². The molecule has 4 aromatic heterocycles. The van der Waals surface area contributed by atoms with Gasteiger partial charge in [0, 0.05) is 99.4 Å². The zero-order valence-electron chi connectivity index (χ0n) is 24.1. The highest BCUT2D eigenvalue weighted by Crippen LogP contribution is 2.78. The molecule has 0 radical (unpaired) electrons. The van der Waals surface area contributed by atoms with Crippen LogP contribution in [-0.4, -0.2) is 46.1 Å². The van der Waals surface area contributed by atoms with E-state index in [0.29, 0.717) is 51.9 Å². The number of halogens is 2. The van der Waals surface area contributed by atoms with Gasteiger partial charge in [-0.3, -0.25) is 40.3 Å². The van der Waals surface area contributed by atoms with Gasteiger partial charge in [0.1, 0.15) is 0 Å². The summed E-state index contributed by atoms with van der Waals surface area (Å²) in [7, 11) is -5.70. The third-order valence-electron chi connectivity index (χ3n) is 6.49. The maximum absolute atomic E-state index is 6.95. The van der Waals surface area contributed by atoms with Gasteiger partial charge >= 0.3 is 0 Å². The molecule has 0 aliphatic carbocycles. The molecule has 11 nitrogen and oxygen atoms in total. The summed E-state index contributed by atoms with van der Waals surface area (Å²) in [6, 6.07) is 23.6. The van der Waals surface area contributed by atoms with Gasteiger partial charge in [-0.05, 0) is 71.0 Å². The lowest BCUT2D eigenvalue weighted by molar-refractivity contribution is 0.805. The second-order valence-electron chi connectivity index (χ2n) is 9.84. The topological polar surface area (TPSA) is 137 Å². The van der Waals surface area contributed by atoms with E-state index in [4.69, 9.17) is 36.0 Å². The van der Waals surface area contributed by atoms with Crippen molar-refractivity contribution in [2.24, 2.45) is 13.5 Å². The molecule has 4 aromatic rings. The maximum atomic E-state index is 6.95. The number of hydrogen-bond acceptors (Lipinski definition) is 11. The zero-order valence-corrected chi connectivity index (χ0v) is 28.3. The number of pyridine rings is 4. The summed E-state index contributed by atoms with van der Waals surface area (Å²) in [5.41, 5.74) is 3.87. The fourth-order valence-electron chi connectivity index (χ4n) is 4.46. The Morgan fingerprint density at radius 1 is 0.432 bits per heavy atom. The van der Waals surface area contributed by atoms with Gasteiger partial charge in [-0.1, -0.05) is 24.3 Å². The molecule has 1 aliphatic rings. The highest BCUT2D eigenvalue weighted by molar-refractivity contribution is 8.13. The first-order chi connectivity index (χ1) is 21.4. The SMILES string of the molecule is ClP1(Cl)=NP(NCCc2ccccn2)(NCCc2ccccn2)=NP(NCCc2ccccn2)(NCCc2ccccn2)=N1. The first-order valence-corrected chi connectivity index (χ1v) is 21.2. The van der Waals surface area contributed by atoms with Crippen molar-refractivity contribution >= 4 is 43.4 Å². The predicted molar refractivity (Wildman–Crippen MR) is 184 cm³/mol. The summed E-state index contributed by atoms with van der Waals surface area (Å²) in [4.78, 5) is 17.9. The smallest absolute Gasteiger partial charge is 0.257 e. The molecule has 16 heteroatoms. The Morgan fingerprint density at radius 3 is 1.05 bits per heavy atom. The van der Waals surface area contributed by atoms with Crippen molar-refractivity contribution in [1.29, 1.82) is 0 Å². The lowest BCUT2D eigenvalue weighted by atomic mass is 10.3. The quantitative estimate of drug-likeness (QED) is 0.0905. The molecular formula is C28H36Cl2N11P3. The van der Waals surface area contributed by atoms with Crippen molar-refractivity contribution < 1.29 is 0 Å². The Kier molecular flexibility index (Phi) is 12.3. The Balaban J connectivity index is 1.44. The summed E-state index contributed by atoms with van der Waals surface area (Å²) in [6.45, 7) is 2.29. The highest BCUT2D eigenvalue weighted by Gasteiger charge is 2.35. The molecule has 0 aromatic carbocycles. The molecule has 0 saturated heterocycles. The second kappa shape index (κ2) is 16.3. The van der Waals surface area contributed by atoms with E-state index in [-0.39, 0.29) is 0 Å². The van der Waals surface area contributed by atoms with E-state index >= 15 is 0 Å². The highest BCUT2D eigenvalue weighted by atomic mass is 35.9. The number of rotatable bonds is 16. The number of aromatic nitrogens is 4. The lowest BCUT2D eigenvalue weighted by Gasteiger charge is -2.34. The molecule has 0 bridgehead atoms. The monoisotopic (exact) mass is 689 g/mol. The van der Waals surface area contributed by atoms with Crippen LogP contribution in [0.1, 0.15) is 22.8 Å². The molecule has 5 rings (SSSR count). The van der Waals surface area contributed by atoms with E-state index in [2.05, 4.69) is 40.3 Å². The summed E-state index contributed by atoms with van der Waals surface area (Å²) < 4.78 is 15.2. The van der Waals surface area contributed by atoms with Gasteiger partial charge in [-0.25, -0.2) is 0 Å². The second-order valence-corrected chi connectivity index (χ2v) is 19.9. The van der Waals surface area contributed by atoms with Crippen molar-refractivity contribution in [3.8, 4) is 0 Å². The molecule has 4 N–H and O–H groups in total. The Hall–Kier alpha value is -2.29. The molecule has 0 unspecified atom stereocenters. The van der Waals surface area contributed by atoms with E-state index in [9.17, 15) is 0 Å². The third-order valence-corrected chi connectivity index (χ3v) is 17.4. The predicted octanol–water partition coefficient (Wildman–Crippen LogP) is 7.23. The van der Waals surface area contributed by atoms with Crippen LogP contribution in [0, 0.1) is 0 Å². The normalized spacial score (nSPS) is 16.3. The molecule has 0 atom stereocenters. The van der Waals surface area contributed by atoms with Crippen LogP contribution in [0.4, 0.5) is 0 Å². The van der Waals surface area contributed by atoms with Crippen LogP contribution in [0.3, 0.4) is 0 Å². The van der Waals surface area contributed by atoms with Gasteiger partial charge in [0.2, 0.25) is 15.0 Å². The van der Waals surface area contributed by atoms with E-state index in [1.165, 1.54) is 0 Å². The third kappa shape index (κ3) is 10.4. The maximum Gasteiger partial charge on any atom is 0.257 e. The molecule has 0 amide bonds. The molecule has 0 saturated carbocycles. The summed E-state index contributed by atoms with van der Waals surface area (Å²) >= 11 is 13.9.